The summed E-state index contributed by atoms with van der Waals surface area (Å²) in [5.74, 6) is 0.322. The number of nitrogens with one attached hydrogen (secondary N) is 1. The maximum Gasteiger partial charge on any atom is 0.264 e. The first-order chi connectivity index (χ1) is 17.3. The predicted molar refractivity (Wildman–Crippen MR) is 135 cm³/mol. The van der Waals surface area contributed by atoms with Gasteiger partial charge in [0.25, 0.3) is 10.0 Å². The molecule has 0 radical (unpaired) electrons. The highest BCUT2D eigenvalue weighted by Crippen LogP contribution is 2.32. The van der Waals surface area contributed by atoms with E-state index in [4.69, 9.17) is 14.2 Å². The van der Waals surface area contributed by atoms with E-state index in [9.17, 15) is 17.6 Å². The first-order valence-electron chi connectivity index (χ1n) is 11.2. The number of aryl methyl sites for hydroxylation is 1. The molecule has 3 rings (SSSR count). The lowest BCUT2D eigenvalue weighted by Crippen LogP contribution is -2.41. The van der Waals surface area contributed by atoms with E-state index in [1.807, 2.05) is 24.3 Å². The quantitative estimate of drug-likeness (QED) is 0.368. The number of carbonyl (C=O) groups is 1. The van der Waals surface area contributed by atoms with Gasteiger partial charge in [0, 0.05) is 12.6 Å². The average Bonchev–Trinajstić information content (AvgIpc) is 2.90. The molecule has 192 valence electrons. The molecule has 3 aromatic carbocycles. The molecule has 8 nitrogen and oxygen atoms in total. The Kier molecular flexibility index (Phi) is 9.13. The summed E-state index contributed by atoms with van der Waals surface area (Å²) in [5, 5.41) is 2.76. The van der Waals surface area contributed by atoms with Gasteiger partial charge < -0.3 is 19.5 Å². The second kappa shape index (κ2) is 12.3. The average molecular weight is 517 g/mol. The van der Waals surface area contributed by atoms with Gasteiger partial charge in [-0.15, -0.1) is 0 Å². The van der Waals surface area contributed by atoms with Gasteiger partial charge in [0.1, 0.15) is 18.1 Å². The van der Waals surface area contributed by atoms with E-state index >= 15 is 0 Å². The minimum Gasteiger partial charge on any atom is -0.497 e. The van der Waals surface area contributed by atoms with Crippen molar-refractivity contribution in [1.82, 2.24) is 5.32 Å². The van der Waals surface area contributed by atoms with Crippen LogP contribution in [0, 0.1) is 5.82 Å². The number of methoxy groups -OCH3 is 3. The van der Waals surface area contributed by atoms with Crippen molar-refractivity contribution in [2.24, 2.45) is 0 Å². The number of nitrogens with zero attached hydrogens (tertiary/aromatic N) is 1. The van der Waals surface area contributed by atoms with Gasteiger partial charge in [0.05, 0.1) is 31.9 Å². The smallest absolute Gasteiger partial charge is 0.264 e. The molecule has 0 atom stereocenters. The van der Waals surface area contributed by atoms with E-state index in [0.29, 0.717) is 25.1 Å². The molecule has 36 heavy (non-hydrogen) atoms. The minimum absolute atomic E-state index is 0.102. The summed E-state index contributed by atoms with van der Waals surface area (Å²) in [6.45, 7) is -0.134. The molecule has 10 heteroatoms. The van der Waals surface area contributed by atoms with Gasteiger partial charge in [0.15, 0.2) is 11.5 Å². The Morgan fingerprint density at radius 1 is 0.917 bits per heavy atom. The van der Waals surface area contributed by atoms with Crippen LogP contribution < -0.4 is 23.8 Å². The maximum atomic E-state index is 13.5. The van der Waals surface area contributed by atoms with Crippen molar-refractivity contribution in [1.29, 1.82) is 0 Å². The van der Waals surface area contributed by atoms with Crippen LogP contribution in [0.3, 0.4) is 0 Å². The van der Waals surface area contributed by atoms with Crippen molar-refractivity contribution in [2.45, 2.75) is 17.7 Å². The summed E-state index contributed by atoms with van der Waals surface area (Å²) in [6.07, 6.45) is 1.36. The van der Waals surface area contributed by atoms with Crippen LogP contribution >= 0.6 is 0 Å². The number of halogens is 1. The van der Waals surface area contributed by atoms with E-state index in [0.717, 1.165) is 27.8 Å². The minimum atomic E-state index is -4.20. The molecule has 0 aromatic heterocycles. The highest BCUT2D eigenvalue weighted by atomic mass is 32.2. The molecule has 0 heterocycles. The Morgan fingerprint density at radius 3 is 2.31 bits per heavy atom. The fourth-order valence-corrected chi connectivity index (χ4v) is 5.00. The zero-order valence-electron chi connectivity index (χ0n) is 20.4. The lowest BCUT2D eigenvalue weighted by atomic mass is 10.1. The van der Waals surface area contributed by atoms with E-state index < -0.39 is 28.3 Å². The third kappa shape index (κ3) is 6.66. The molecule has 3 aromatic rings. The van der Waals surface area contributed by atoms with Crippen LogP contribution in [0.4, 0.5) is 10.1 Å². The monoisotopic (exact) mass is 516 g/mol. The van der Waals surface area contributed by atoms with Crippen LogP contribution in [0.25, 0.3) is 0 Å². The largest absolute Gasteiger partial charge is 0.497 e. The maximum absolute atomic E-state index is 13.5. The molecular formula is C26H29FN2O6S. The van der Waals surface area contributed by atoms with E-state index in [1.165, 1.54) is 44.6 Å². The summed E-state index contributed by atoms with van der Waals surface area (Å²) < 4.78 is 57.2. The predicted octanol–water partition coefficient (Wildman–Crippen LogP) is 3.80. The van der Waals surface area contributed by atoms with Crippen molar-refractivity contribution in [3.63, 3.8) is 0 Å². The number of hydrogen-bond donors (Lipinski definition) is 1. The summed E-state index contributed by atoms with van der Waals surface area (Å²) in [6, 6.07) is 16.7. The second-order valence-electron chi connectivity index (χ2n) is 7.81. The molecule has 1 amide bonds. The van der Waals surface area contributed by atoms with Crippen LogP contribution in [0.15, 0.2) is 71.6 Å². The lowest BCUT2D eigenvalue weighted by molar-refractivity contribution is -0.119. The molecule has 0 aliphatic rings. The van der Waals surface area contributed by atoms with Gasteiger partial charge in [-0.1, -0.05) is 12.1 Å². The Morgan fingerprint density at radius 2 is 1.64 bits per heavy atom. The van der Waals surface area contributed by atoms with Gasteiger partial charge in [-0.25, -0.2) is 12.8 Å². The summed E-state index contributed by atoms with van der Waals surface area (Å²) in [4.78, 5) is 12.6. The van der Waals surface area contributed by atoms with Gasteiger partial charge in [-0.05, 0) is 66.9 Å². The summed E-state index contributed by atoms with van der Waals surface area (Å²) in [5.41, 5.74) is 1.21. The zero-order chi connectivity index (χ0) is 26.1. The third-order valence-electron chi connectivity index (χ3n) is 5.44. The third-order valence-corrected chi connectivity index (χ3v) is 7.21. The highest BCUT2D eigenvalue weighted by Gasteiger charge is 2.28. The number of amides is 1. The van der Waals surface area contributed by atoms with Crippen LogP contribution in [-0.2, 0) is 21.2 Å². The molecule has 0 aliphatic heterocycles. The fourth-order valence-electron chi connectivity index (χ4n) is 3.56. The summed E-state index contributed by atoms with van der Waals surface area (Å²) in [7, 11) is 0.233. The normalized spacial score (nSPS) is 11.0. The first kappa shape index (κ1) is 26.8. The molecule has 0 unspecified atom stereocenters. The SMILES string of the molecule is COc1cccc(CCCNC(=O)CN(c2ccc(F)cc2)S(=O)(=O)c2ccc(OC)c(OC)c2)c1. The van der Waals surface area contributed by atoms with Gasteiger partial charge >= 0.3 is 0 Å². The highest BCUT2D eigenvalue weighted by molar-refractivity contribution is 7.92. The second-order valence-corrected chi connectivity index (χ2v) is 9.67. The Bertz CT molecular complexity index is 1280. The van der Waals surface area contributed by atoms with Crippen molar-refractivity contribution in [2.75, 3.05) is 38.7 Å². The van der Waals surface area contributed by atoms with Crippen molar-refractivity contribution >= 4 is 21.6 Å². The number of sulfonamides is 1. The Labute approximate surface area is 210 Å². The topological polar surface area (TPSA) is 94.2 Å². The van der Waals surface area contributed by atoms with Crippen molar-refractivity contribution < 1.29 is 31.8 Å². The van der Waals surface area contributed by atoms with Crippen molar-refractivity contribution in [3.05, 3.63) is 78.1 Å². The van der Waals surface area contributed by atoms with E-state index in [-0.39, 0.29) is 16.3 Å². The van der Waals surface area contributed by atoms with Crippen LogP contribution in [0.1, 0.15) is 12.0 Å². The van der Waals surface area contributed by atoms with Gasteiger partial charge in [0.2, 0.25) is 5.91 Å². The first-order valence-corrected chi connectivity index (χ1v) is 12.6. The molecule has 0 spiro atoms. The van der Waals surface area contributed by atoms with E-state index in [2.05, 4.69) is 5.32 Å². The standard InChI is InChI=1S/C26H29FN2O6S/c1-33-22-8-4-6-19(16-22)7-5-15-28-26(30)18-29(21-11-9-20(27)10-12-21)36(31,32)23-13-14-24(34-2)25(17-23)35-3/h4,6,8-14,16-17H,5,7,15,18H2,1-3H3,(H,28,30). The molecule has 0 saturated heterocycles. The lowest BCUT2D eigenvalue weighted by Gasteiger charge is -2.24. The molecule has 1 N–H and O–H groups in total. The number of rotatable bonds is 12. The van der Waals surface area contributed by atoms with Crippen LogP contribution in [-0.4, -0.2) is 48.7 Å². The van der Waals surface area contributed by atoms with Crippen LogP contribution in [0.2, 0.25) is 0 Å². The molecule has 0 aliphatic carbocycles. The van der Waals surface area contributed by atoms with E-state index in [1.54, 1.807) is 7.11 Å². The van der Waals surface area contributed by atoms with Crippen LogP contribution in [0.5, 0.6) is 17.2 Å². The number of carbonyl (C=O) groups excluding carboxylic acids is 1. The number of anilines is 1. The Hall–Kier alpha value is -3.79. The number of ether oxygens (including phenoxy) is 3. The number of benzene rings is 3. The van der Waals surface area contributed by atoms with Crippen molar-refractivity contribution in [3.8, 4) is 17.2 Å². The summed E-state index contributed by atoms with van der Waals surface area (Å²) >= 11 is 0. The molecule has 0 bridgehead atoms. The molecular weight excluding hydrogens is 487 g/mol. The molecule has 0 fully saturated rings. The zero-order valence-corrected chi connectivity index (χ0v) is 21.2. The van der Waals surface area contributed by atoms with Gasteiger partial charge in [-0.2, -0.15) is 0 Å². The fraction of sp³-hybridized carbons (Fsp3) is 0.269. The molecule has 0 saturated carbocycles. The number of hydrogen-bond acceptors (Lipinski definition) is 6. The van der Waals surface area contributed by atoms with Gasteiger partial charge in [-0.3, -0.25) is 9.10 Å². The Balaban J connectivity index is 1.75.